The quantitative estimate of drug-likeness (QED) is 0.410. The van der Waals surface area contributed by atoms with E-state index >= 15 is 4.39 Å². The Kier molecular flexibility index (Phi) is 5.33. The van der Waals surface area contributed by atoms with E-state index in [4.69, 9.17) is 10.00 Å². The molecule has 0 unspecified atom stereocenters. The van der Waals surface area contributed by atoms with E-state index in [-0.39, 0.29) is 5.75 Å². The fourth-order valence-corrected chi connectivity index (χ4v) is 3.91. The van der Waals surface area contributed by atoms with Gasteiger partial charge in [-0.3, -0.25) is 0 Å². The molecule has 0 heterocycles. The number of carbonyl (C=O) groups excluding carboxylic acids is 1. The Morgan fingerprint density at radius 3 is 2.53 bits per heavy atom. The first-order valence-electron chi connectivity index (χ1n) is 9.87. The molecule has 0 aliphatic heterocycles. The third kappa shape index (κ3) is 3.57. The summed E-state index contributed by atoms with van der Waals surface area (Å²) in [5.74, 6) is -2.80. The molecule has 0 atom stereocenters. The van der Waals surface area contributed by atoms with Crippen LogP contribution in [0.2, 0.25) is 0 Å². The Morgan fingerprint density at radius 2 is 1.83 bits per heavy atom. The monoisotopic (exact) mass is 403 g/mol. The topological polar surface area (TPSA) is 50.1 Å². The third-order valence-electron chi connectivity index (χ3n) is 5.36. The zero-order valence-corrected chi connectivity index (χ0v) is 16.5. The molecule has 0 spiro atoms. The van der Waals surface area contributed by atoms with Crippen LogP contribution in [0.4, 0.5) is 8.78 Å². The maximum Gasteiger partial charge on any atom is 0.349 e. The van der Waals surface area contributed by atoms with Crippen LogP contribution >= 0.6 is 0 Å². The average Bonchev–Trinajstić information content (AvgIpc) is 2.74. The lowest BCUT2D eigenvalue weighted by molar-refractivity contribution is 0.0724. The van der Waals surface area contributed by atoms with Gasteiger partial charge in [-0.25, -0.2) is 13.6 Å². The zero-order valence-electron chi connectivity index (χ0n) is 16.5. The van der Waals surface area contributed by atoms with Crippen molar-refractivity contribution in [2.24, 2.45) is 0 Å². The van der Waals surface area contributed by atoms with Crippen LogP contribution in [0.15, 0.2) is 48.5 Å². The van der Waals surface area contributed by atoms with Crippen LogP contribution in [-0.2, 0) is 19.3 Å². The number of nitrogens with zero attached hydrogens (tertiary/aromatic N) is 1. The second kappa shape index (κ2) is 8.08. The Hall–Kier alpha value is -3.52. The van der Waals surface area contributed by atoms with Crippen molar-refractivity contribution in [1.29, 1.82) is 5.26 Å². The first-order valence-corrected chi connectivity index (χ1v) is 9.87. The van der Waals surface area contributed by atoms with Crippen LogP contribution in [0, 0.1) is 23.0 Å². The van der Waals surface area contributed by atoms with Crippen molar-refractivity contribution in [3.05, 3.63) is 88.0 Å². The summed E-state index contributed by atoms with van der Waals surface area (Å²) in [7, 11) is 0. The number of aryl methyl sites for hydroxylation is 2. The van der Waals surface area contributed by atoms with Gasteiger partial charge in [-0.1, -0.05) is 31.5 Å². The minimum absolute atomic E-state index is 0.115. The molecule has 5 heteroatoms. The lowest BCUT2D eigenvalue weighted by atomic mass is 9.83. The number of ether oxygens (including phenoxy) is 1. The minimum atomic E-state index is -1.10. The molecule has 0 fully saturated rings. The van der Waals surface area contributed by atoms with Gasteiger partial charge in [0.15, 0.2) is 0 Å². The van der Waals surface area contributed by atoms with Crippen LogP contribution in [0.1, 0.15) is 46.0 Å². The van der Waals surface area contributed by atoms with E-state index in [1.165, 1.54) is 35.9 Å². The number of rotatable bonds is 4. The number of nitriles is 1. The van der Waals surface area contributed by atoms with Crippen molar-refractivity contribution >= 4 is 5.97 Å². The van der Waals surface area contributed by atoms with E-state index in [1.54, 1.807) is 0 Å². The highest BCUT2D eigenvalue weighted by atomic mass is 19.1. The van der Waals surface area contributed by atoms with Crippen LogP contribution in [0.5, 0.6) is 5.75 Å². The normalized spacial score (nSPS) is 11.9. The third-order valence-corrected chi connectivity index (χ3v) is 5.36. The van der Waals surface area contributed by atoms with Crippen LogP contribution in [0.3, 0.4) is 0 Å². The number of benzene rings is 3. The van der Waals surface area contributed by atoms with Crippen molar-refractivity contribution in [3.63, 3.8) is 0 Å². The molecule has 4 rings (SSSR count). The molecule has 0 saturated heterocycles. The summed E-state index contributed by atoms with van der Waals surface area (Å²) in [6, 6.07) is 14.9. The van der Waals surface area contributed by atoms with E-state index in [0.717, 1.165) is 24.0 Å². The van der Waals surface area contributed by atoms with Crippen molar-refractivity contribution in [1.82, 2.24) is 0 Å². The van der Waals surface area contributed by atoms with E-state index in [9.17, 15) is 9.18 Å². The summed E-state index contributed by atoms with van der Waals surface area (Å²) in [4.78, 5) is 12.5. The number of esters is 1. The molecule has 3 aromatic carbocycles. The van der Waals surface area contributed by atoms with Gasteiger partial charge in [-0.2, -0.15) is 5.26 Å². The Balaban J connectivity index is 1.69. The molecule has 1 aliphatic carbocycles. The highest BCUT2D eigenvalue weighted by molar-refractivity contribution is 5.93. The summed E-state index contributed by atoms with van der Waals surface area (Å²) in [6.07, 6.45) is 3.01. The first-order chi connectivity index (χ1) is 14.5. The standard InChI is InChI=1S/C25H19F2NO2/c1-2-3-15-6-10-19-17(12-15)7-11-20-21(19)13-22(26)23(24(20)27)25(29)30-18-8-4-16(14-28)5-9-18/h4-6,8-10,12-13H,2-3,7,11H2,1H3. The van der Waals surface area contributed by atoms with Crippen molar-refractivity contribution in [2.75, 3.05) is 0 Å². The van der Waals surface area contributed by atoms with Crippen LogP contribution in [-0.4, -0.2) is 5.97 Å². The highest BCUT2D eigenvalue weighted by Gasteiger charge is 2.28. The van der Waals surface area contributed by atoms with Gasteiger partial charge in [0, 0.05) is 0 Å². The SMILES string of the molecule is CCCc1ccc2c(c1)CCc1c-2cc(F)c(C(=O)Oc2ccc(C#N)cc2)c1F. The van der Waals surface area contributed by atoms with Gasteiger partial charge >= 0.3 is 5.97 Å². The highest BCUT2D eigenvalue weighted by Crippen LogP contribution is 2.37. The van der Waals surface area contributed by atoms with Gasteiger partial charge in [0.2, 0.25) is 0 Å². The lowest BCUT2D eigenvalue weighted by Gasteiger charge is -2.22. The molecule has 0 radical (unpaired) electrons. The Morgan fingerprint density at radius 1 is 1.07 bits per heavy atom. The van der Waals surface area contributed by atoms with E-state index < -0.39 is 23.2 Å². The molecule has 3 aromatic rings. The first kappa shape index (κ1) is 19.8. The summed E-state index contributed by atoms with van der Waals surface area (Å²) in [5, 5.41) is 8.83. The Bertz CT molecular complexity index is 1180. The number of fused-ring (bicyclic) bond motifs is 3. The molecule has 0 bridgehead atoms. The second-order valence-corrected chi connectivity index (χ2v) is 7.34. The van der Waals surface area contributed by atoms with Gasteiger partial charge in [-0.05, 0) is 77.4 Å². The van der Waals surface area contributed by atoms with Crippen molar-refractivity contribution in [3.8, 4) is 22.9 Å². The number of halogens is 2. The van der Waals surface area contributed by atoms with Gasteiger partial charge in [-0.15, -0.1) is 0 Å². The fraction of sp³-hybridized carbons (Fsp3) is 0.200. The molecular formula is C25H19F2NO2. The molecule has 150 valence electrons. The van der Waals surface area contributed by atoms with Gasteiger partial charge in [0.05, 0.1) is 11.6 Å². The summed E-state index contributed by atoms with van der Waals surface area (Å²) < 4.78 is 35.2. The molecular weight excluding hydrogens is 384 g/mol. The van der Waals surface area contributed by atoms with Crippen molar-refractivity contribution in [2.45, 2.75) is 32.6 Å². The molecule has 0 saturated carbocycles. The van der Waals surface area contributed by atoms with Gasteiger partial charge in [0.1, 0.15) is 22.9 Å². The second-order valence-electron chi connectivity index (χ2n) is 7.34. The largest absolute Gasteiger partial charge is 0.423 e. The molecule has 1 aliphatic rings. The van der Waals surface area contributed by atoms with Crippen LogP contribution < -0.4 is 4.74 Å². The van der Waals surface area contributed by atoms with E-state index in [2.05, 4.69) is 13.0 Å². The van der Waals surface area contributed by atoms with E-state index in [1.807, 2.05) is 18.2 Å². The van der Waals surface area contributed by atoms with Gasteiger partial charge in [0.25, 0.3) is 0 Å². The average molecular weight is 403 g/mol. The summed E-state index contributed by atoms with van der Waals surface area (Å²) >= 11 is 0. The minimum Gasteiger partial charge on any atom is -0.423 e. The molecule has 30 heavy (non-hydrogen) atoms. The summed E-state index contributed by atoms with van der Waals surface area (Å²) in [5.41, 5.74) is 3.61. The molecule has 0 N–H and O–H groups in total. The zero-order chi connectivity index (χ0) is 21.3. The molecule has 0 aromatic heterocycles. The fourth-order valence-electron chi connectivity index (χ4n) is 3.91. The smallest absolute Gasteiger partial charge is 0.349 e. The van der Waals surface area contributed by atoms with Crippen LogP contribution in [0.25, 0.3) is 11.1 Å². The van der Waals surface area contributed by atoms with Gasteiger partial charge < -0.3 is 4.74 Å². The van der Waals surface area contributed by atoms with E-state index in [0.29, 0.717) is 29.5 Å². The lowest BCUT2D eigenvalue weighted by Crippen LogP contribution is -2.17. The maximum atomic E-state index is 15.2. The number of hydrogen-bond acceptors (Lipinski definition) is 3. The molecule has 3 nitrogen and oxygen atoms in total. The predicted octanol–water partition coefficient (Wildman–Crippen LogP) is 5.77. The summed E-state index contributed by atoms with van der Waals surface area (Å²) in [6.45, 7) is 2.11. The Labute approximate surface area is 173 Å². The number of carbonyl (C=O) groups is 1. The van der Waals surface area contributed by atoms with Crippen molar-refractivity contribution < 1.29 is 18.3 Å². The molecule has 0 amide bonds. The maximum absolute atomic E-state index is 15.2. The predicted molar refractivity (Wildman–Crippen MR) is 109 cm³/mol. The number of hydrogen-bond donors (Lipinski definition) is 0.